The molecule has 2 aliphatic rings. The smallest absolute Gasteiger partial charge is 0.286 e. The van der Waals surface area contributed by atoms with Gasteiger partial charge in [-0.15, -0.1) is 0 Å². The molecule has 3 atom stereocenters. The van der Waals surface area contributed by atoms with Crippen LogP contribution in [-0.4, -0.2) is 46.0 Å². The molecule has 3 aromatic rings. The highest BCUT2D eigenvalue weighted by molar-refractivity contribution is 8.15. The van der Waals surface area contributed by atoms with Crippen molar-refractivity contribution >= 4 is 40.2 Å². The van der Waals surface area contributed by atoms with Gasteiger partial charge < -0.3 is 14.5 Å². The quantitative estimate of drug-likeness (QED) is 0.460. The molecule has 3 unspecified atom stereocenters. The van der Waals surface area contributed by atoms with E-state index >= 15 is 0 Å². The zero-order valence-electron chi connectivity index (χ0n) is 21.0. The first kappa shape index (κ1) is 24.9. The van der Waals surface area contributed by atoms with Crippen molar-refractivity contribution in [2.24, 2.45) is 0 Å². The number of carbonyl (C=O) groups is 3. The summed E-state index contributed by atoms with van der Waals surface area (Å²) in [4.78, 5) is 40.9. The van der Waals surface area contributed by atoms with Crippen molar-refractivity contribution in [3.8, 4) is 5.75 Å². The first-order valence-electron chi connectivity index (χ1n) is 12.3. The van der Waals surface area contributed by atoms with Crippen LogP contribution in [0.5, 0.6) is 5.75 Å². The van der Waals surface area contributed by atoms with E-state index in [9.17, 15) is 14.4 Å². The first-order chi connectivity index (χ1) is 17.8. The van der Waals surface area contributed by atoms with Gasteiger partial charge in [0.05, 0.1) is 22.5 Å². The standard InChI is InChI=1S/C29H29N3O4S/c1-18-8-12-22(13-9-18)32-20(3)31(28(34)24-6-4-5-7-25(24)32)19(2)17-36-23-14-10-21(11-15-23)16-26-27(33)30-29(35)37-26/h4-15,19-20,26H,16-17H2,1-3H3,(H,30,33,35). The normalized spacial score (nSPS) is 20.0. The van der Waals surface area contributed by atoms with Crippen molar-refractivity contribution in [3.05, 3.63) is 89.5 Å². The van der Waals surface area contributed by atoms with E-state index < -0.39 is 5.25 Å². The summed E-state index contributed by atoms with van der Waals surface area (Å²) in [6.07, 6.45) is 0.274. The van der Waals surface area contributed by atoms with Crippen molar-refractivity contribution < 1.29 is 19.1 Å². The second-order valence-electron chi connectivity index (χ2n) is 9.46. The molecule has 2 heterocycles. The maximum atomic E-state index is 13.6. The predicted molar refractivity (Wildman–Crippen MR) is 145 cm³/mol. The van der Waals surface area contributed by atoms with E-state index in [4.69, 9.17) is 4.74 Å². The number of nitrogens with zero attached hydrogens (tertiary/aromatic N) is 2. The van der Waals surface area contributed by atoms with Gasteiger partial charge in [0.15, 0.2) is 0 Å². The highest BCUT2D eigenvalue weighted by atomic mass is 32.2. The molecule has 0 aliphatic carbocycles. The van der Waals surface area contributed by atoms with Crippen molar-refractivity contribution in [3.63, 3.8) is 0 Å². The molecule has 2 aliphatic heterocycles. The van der Waals surface area contributed by atoms with Gasteiger partial charge in [0.25, 0.3) is 11.1 Å². The van der Waals surface area contributed by atoms with Crippen LogP contribution in [0.25, 0.3) is 0 Å². The van der Waals surface area contributed by atoms with E-state index in [1.165, 1.54) is 5.56 Å². The van der Waals surface area contributed by atoms with E-state index in [0.29, 0.717) is 24.3 Å². The summed E-state index contributed by atoms with van der Waals surface area (Å²) in [5.74, 6) is 0.425. The van der Waals surface area contributed by atoms with Gasteiger partial charge in [-0.2, -0.15) is 0 Å². The number of imide groups is 1. The number of fused-ring (bicyclic) bond motifs is 1. The molecule has 3 amide bonds. The van der Waals surface area contributed by atoms with Crippen LogP contribution in [0.15, 0.2) is 72.8 Å². The van der Waals surface area contributed by atoms with Gasteiger partial charge in [0, 0.05) is 5.69 Å². The first-order valence-corrected chi connectivity index (χ1v) is 13.2. The second kappa shape index (κ2) is 10.3. The zero-order chi connectivity index (χ0) is 26.1. The number of rotatable bonds is 7. The van der Waals surface area contributed by atoms with Gasteiger partial charge in [-0.1, -0.05) is 53.7 Å². The molecule has 0 aromatic heterocycles. The molecule has 0 bridgehead atoms. The van der Waals surface area contributed by atoms with Crippen LogP contribution in [0.4, 0.5) is 16.2 Å². The molecule has 1 fully saturated rings. The lowest BCUT2D eigenvalue weighted by Gasteiger charge is -2.46. The summed E-state index contributed by atoms with van der Waals surface area (Å²) in [7, 11) is 0. The number of hydrogen-bond acceptors (Lipinski definition) is 6. The Hall–Kier alpha value is -3.78. The summed E-state index contributed by atoms with van der Waals surface area (Å²) in [6.45, 7) is 6.43. The molecule has 3 aromatic carbocycles. The summed E-state index contributed by atoms with van der Waals surface area (Å²) in [5.41, 5.74) is 4.74. The minimum atomic E-state index is -0.398. The average molecular weight is 516 g/mol. The SMILES string of the molecule is Cc1ccc(N2c3ccccc3C(=O)N(C(C)COc3ccc(CC4SC(=O)NC4=O)cc3)C2C)cc1. The number of aryl methyl sites for hydroxylation is 1. The maximum Gasteiger partial charge on any atom is 0.286 e. The molecular formula is C29H29N3O4S. The van der Waals surface area contributed by atoms with Gasteiger partial charge in [0.2, 0.25) is 5.91 Å². The summed E-state index contributed by atoms with van der Waals surface area (Å²) in [6, 6.07) is 23.4. The number of benzene rings is 3. The zero-order valence-corrected chi connectivity index (χ0v) is 21.8. The van der Waals surface area contributed by atoms with Crippen LogP contribution in [0.3, 0.4) is 0 Å². The van der Waals surface area contributed by atoms with Crippen LogP contribution >= 0.6 is 11.8 Å². The molecule has 1 saturated heterocycles. The lowest BCUT2D eigenvalue weighted by molar-refractivity contribution is -0.118. The third-order valence-corrected chi connectivity index (χ3v) is 7.78. The number of carbonyl (C=O) groups excluding carboxylic acids is 3. The fraction of sp³-hybridized carbons (Fsp3) is 0.276. The molecule has 0 radical (unpaired) electrons. The van der Waals surface area contributed by atoms with Gasteiger partial charge in [0.1, 0.15) is 18.5 Å². The van der Waals surface area contributed by atoms with E-state index in [0.717, 1.165) is 28.7 Å². The lowest BCUT2D eigenvalue weighted by Crippen LogP contribution is -2.56. The van der Waals surface area contributed by atoms with Gasteiger partial charge in [-0.05, 0) is 69.2 Å². The van der Waals surface area contributed by atoms with Crippen LogP contribution in [0, 0.1) is 6.92 Å². The molecule has 8 heteroatoms. The minimum Gasteiger partial charge on any atom is -0.491 e. The predicted octanol–water partition coefficient (Wildman–Crippen LogP) is 5.30. The molecule has 37 heavy (non-hydrogen) atoms. The summed E-state index contributed by atoms with van der Waals surface area (Å²) < 4.78 is 6.07. The maximum absolute atomic E-state index is 13.6. The number of anilines is 2. The molecule has 1 N–H and O–H groups in total. The third-order valence-electron chi connectivity index (χ3n) is 6.79. The van der Waals surface area contributed by atoms with Crippen molar-refractivity contribution in [1.29, 1.82) is 0 Å². The van der Waals surface area contributed by atoms with E-state index in [-0.39, 0.29) is 29.3 Å². The summed E-state index contributed by atoms with van der Waals surface area (Å²) in [5, 5.41) is 1.62. The van der Waals surface area contributed by atoms with Crippen LogP contribution in [0.1, 0.15) is 35.3 Å². The molecule has 0 saturated carbocycles. The van der Waals surface area contributed by atoms with Crippen LogP contribution in [-0.2, 0) is 11.2 Å². The number of ether oxygens (including phenoxy) is 1. The van der Waals surface area contributed by atoms with Crippen molar-refractivity contribution in [2.75, 3.05) is 11.5 Å². The van der Waals surface area contributed by atoms with E-state index in [2.05, 4.69) is 41.4 Å². The fourth-order valence-corrected chi connectivity index (χ4v) is 5.75. The van der Waals surface area contributed by atoms with Crippen molar-refractivity contribution in [2.45, 2.75) is 44.6 Å². The molecule has 7 nitrogen and oxygen atoms in total. The molecule has 0 spiro atoms. The average Bonchev–Trinajstić information content (AvgIpc) is 3.21. The Kier molecular flexibility index (Phi) is 6.93. The Bertz CT molecular complexity index is 1330. The largest absolute Gasteiger partial charge is 0.491 e. The highest BCUT2D eigenvalue weighted by Gasteiger charge is 2.38. The van der Waals surface area contributed by atoms with Crippen LogP contribution in [0.2, 0.25) is 0 Å². The Balaban J connectivity index is 1.29. The third kappa shape index (κ3) is 5.06. The van der Waals surface area contributed by atoms with Crippen molar-refractivity contribution in [1.82, 2.24) is 10.2 Å². The minimum absolute atomic E-state index is 0.0141. The van der Waals surface area contributed by atoms with Gasteiger partial charge in [-0.3, -0.25) is 19.7 Å². The molecular weight excluding hydrogens is 486 g/mol. The molecule has 190 valence electrons. The second-order valence-corrected chi connectivity index (χ2v) is 10.6. The Labute approximate surface area is 220 Å². The number of amides is 3. The topological polar surface area (TPSA) is 79.0 Å². The number of thioether (sulfide) groups is 1. The van der Waals surface area contributed by atoms with E-state index in [1.807, 2.05) is 67.3 Å². The number of hydrogen-bond donors (Lipinski definition) is 1. The van der Waals surface area contributed by atoms with Crippen LogP contribution < -0.4 is 15.0 Å². The van der Waals surface area contributed by atoms with Gasteiger partial charge >= 0.3 is 0 Å². The Morgan fingerprint density at radius 2 is 1.68 bits per heavy atom. The number of para-hydroxylation sites is 1. The highest BCUT2D eigenvalue weighted by Crippen LogP contribution is 2.38. The monoisotopic (exact) mass is 515 g/mol. The van der Waals surface area contributed by atoms with E-state index in [1.54, 1.807) is 0 Å². The lowest BCUT2D eigenvalue weighted by atomic mass is 10.0. The Morgan fingerprint density at radius 3 is 2.35 bits per heavy atom. The number of nitrogens with one attached hydrogen (secondary N) is 1. The van der Waals surface area contributed by atoms with Gasteiger partial charge in [-0.25, -0.2) is 0 Å². The summed E-state index contributed by atoms with van der Waals surface area (Å²) >= 11 is 1.03. The Morgan fingerprint density at radius 1 is 0.973 bits per heavy atom. The molecule has 5 rings (SSSR count). The fourth-order valence-electron chi connectivity index (χ4n) is 4.89.